The van der Waals surface area contributed by atoms with Crippen LogP contribution in [0, 0.1) is 5.92 Å². The van der Waals surface area contributed by atoms with Crippen molar-refractivity contribution < 1.29 is 4.79 Å². The highest BCUT2D eigenvalue weighted by atomic mass is 32.2. The summed E-state index contributed by atoms with van der Waals surface area (Å²) in [6.07, 6.45) is 4.91. The Morgan fingerprint density at radius 1 is 1.44 bits per heavy atom. The van der Waals surface area contributed by atoms with Gasteiger partial charge < -0.3 is 10.6 Å². The Bertz CT molecular complexity index is 237. The molecule has 0 spiro atoms. The van der Waals surface area contributed by atoms with Crippen LogP contribution >= 0.6 is 11.8 Å². The lowest BCUT2D eigenvalue weighted by atomic mass is 10.1. The molecule has 2 fully saturated rings. The summed E-state index contributed by atoms with van der Waals surface area (Å²) in [7, 11) is 0. The number of nitrogens with one attached hydrogen (secondary N) is 2. The van der Waals surface area contributed by atoms with Crippen LogP contribution < -0.4 is 10.6 Å². The SMILES string of the molecule is CC(SCC1CNC1)C(=O)NC1CCCC1. The molecule has 0 aromatic carbocycles. The second-order valence-electron chi connectivity index (χ2n) is 4.99. The number of thioether (sulfide) groups is 1. The predicted molar refractivity (Wildman–Crippen MR) is 68.7 cm³/mol. The lowest BCUT2D eigenvalue weighted by molar-refractivity contribution is -0.120. The zero-order valence-electron chi connectivity index (χ0n) is 10.00. The summed E-state index contributed by atoms with van der Waals surface area (Å²) in [5, 5.41) is 6.53. The van der Waals surface area contributed by atoms with Gasteiger partial charge in [0.2, 0.25) is 5.91 Å². The lowest BCUT2D eigenvalue weighted by Crippen LogP contribution is -2.44. The quantitative estimate of drug-likeness (QED) is 0.765. The molecular formula is C12H22N2OS. The molecule has 2 rings (SSSR count). The van der Waals surface area contributed by atoms with E-state index in [9.17, 15) is 4.79 Å². The summed E-state index contributed by atoms with van der Waals surface area (Å²) in [6, 6.07) is 0.459. The van der Waals surface area contributed by atoms with Gasteiger partial charge >= 0.3 is 0 Å². The molecule has 0 radical (unpaired) electrons. The molecule has 1 saturated heterocycles. The standard InChI is InChI=1S/C12H22N2OS/c1-9(16-8-10-6-13-7-10)12(15)14-11-4-2-3-5-11/h9-11,13H,2-8H2,1H3,(H,14,15). The molecule has 1 aliphatic heterocycles. The maximum Gasteiger partial charge on any atom is 0.233 e. The Balaban J connectivity index is 1.62. The van der Waals surface area contributed by atoms with Crippen LogP contribution in [-0.4, -0.2) is 36.0 Å². The monoisotopic (exact) mass is 242 g/mol. The van der Waals surface area contributed by atoms with E-state index in [-0.39, 0.29) is 11.2 Å². The number of amides is 1. The van der Waals surface area contributed by atoms with Gasteiger partial charge in [0.1, 0.15) is 0 Å². The van der Waals surface area contributed by atoms with Crippen LogP contribution in [0.15, 0.2) is 0 Å². The van der Waals surface area contributed by atoms with Gasteiger partial charge in [0, 0.05) is 6.04 Å². The van der Waals surface area contributed by atoms with E-state index in [1.165, 1.54) is 25.7 Å². The van der Waals surface area contributed by atoms with Gasteiger partial charge in [-0.15, -0.1) is 11.8 Å². The van der Waals surface area contributed by atoms with Crippen molar-refractivity contribution >= 4 is 17.7 Å². The van der Waals surface area contributed by atoms with Crippen molar-refractivity contribution in [1.82, 2.24) is 10.6 Å². The van der Waals surface area contributed by atoms with Crippen molar-refractivity contribution in [3.63, 3.8) is 0 Å². The van der Waals surface area contributed by atoms with Crippen molar-refractivity contribution in [1.29, 1.82) is 0 Å². The molecule has 2 aliphatic rings. The first-order chi connectivity index (χ1) is 7.75. The minimum absolute atomic E-state index is 0.112. The largest absolute Gasteiger partial charge is 0.352 e. The number of rotatable bonds is 5. The van der Waals surface area contributed by atoms with Crippen LogP contribution in [-0.2, 0) is 4.79 Å². The second-order valence-corrected chi connectivity index (χ2v) is 6.36. The summed E-state index contributed by atoms with van der Waals surface area (Å²) in [5.41, 5.74) is 0. The smallest absolute Gasteiger partial charge is 0.233 e. The van der Waals surface area contributed by atoms with Crippen LogP contribution in [0.3, 0.4) is 0 Å². The molecule has 1 saturated carbocycles. The molecule has 1 heterocycles. The average molecular weight is 242 g/mol. The van der Waals surface area contributed by atoms with Crippen LogP contribution in [0.4, 0.5) is 0 Å². The molecule has 3 nitrogen and oxygen atoms in total. The van der Waals surface area contributed by atoms with E-state index in [0.717, 1.165) is 24.8 Å². The predicted octanol–water partition coefficient (Wildman–Crippen LogP) is 1.39. The third-order valence-electron chi connectivity index (χ3n) is 3.52. The first-order valence-electron chi connectivity index (χ1n) is 6.38. The molecule has 0 aromatic heterocycles. The van der Waals surface area contributed by atoms with Crippen molar-refractivity contribution in [3.8, 4) is 0 Å². The maximum absolute atomic E-state index is 11.9. The summed E-state index contributed by atoms with van der Waals surface area (Å²) >= 11 is 1.80. The van der Waals surface area contributed by atoms with Crippen molar-refractivity contribution in [2.75, 3.05) is 18.8 Å². The molecule has 0 aromatic rings. The molecule has 4 heteroatoms. The van der Waals surface area contributed by atoms with Gasteiger partial charge in [0.25, 0.3) is 0 Å². The van der Waals surface area contributed by atoms with Gasteiger partial charge in [-0.2, -0.15) is 0 Å². The maximum atomic E-state index is 11.9. The highest BCUT2D eigenvalue weighted by Crippen LogP contribution is 2.20. The van der Waals surface area contributed by atoms with Gasteiger partial charge in [-0.3, -0.25) is 4.79 Å². The second kappa shape index (κ2) is 5.92. The third-order valence-corrected chi connectivity index (χ3v) is 4.90. The Hall–Kier alpha value is -0.220. The van der Waals surface area contributed by atoms with Crippen molar-refractivity contribution in [2.45, 2.75) is 43.9 Å². The fraction of sp³-hybridized carbons (Fsp3) is 0.917. The summed E-state index contributed by atoms with van der Waals surface area (Å²) in [6.45, 7) is 4.29. The van der Waals surface area contributed by atoms with Gasteiger partial charge in [-0.05, 0) is 44.5 Å². The van der Waals surface area contributed by atoms with Crippen molar-refractivity contribution in [3.05, 3.63) is 0 Å². The van der Waals surface area contributed by atoms with E-state index in [1.54, 1.807) is 11.8 Å². The van der Waals surface area contributed by atoms with E-state index in [4.69, 9.17) is 0 Å². The number of hydrogen-bond acceptors (Lipinski definition) is 3. The molecule has 0 bridgehead atoms. The van der Waals surface area contributed by atoms with E-state index < -0.39 is 0 Å². The molecule has 1 aliphatic carbocycles. The normalized spacial score (nSPS) is 24.1. The Labute approximate surface area is 102 Å². The van der Waals surface area contributed by atoms with Gasteiger partial charge in [-0.1, -0.05) is 12.8 Å². The first-order valence-corrected chi connectivity index (χ1v) is 7.43. The van der Waals surface area contributed by atoms with Gasteiger partial charge in [-0.25, -0.2) is 0 Å². The summed E-state index contributed by atoms with van der Waals surface area (Å²) < 4.78 is 0. The number of hydrogen-bond donors (Lipinski definition) is 2. The molecule has 1 unspecified atom stereocenters. The van der Waals surface area contributed by atoms with E-state index in [2.05, 4.69) is 10.6 Å². The highest BCUT2D eigenvalue weighted by Gasteiger charge is 2.23. The van der Waals surface area contributed by atoms with Gasteiger partial charge in [0.15, 0.2) is 0 Å². The van der Waals surface area contributed by atoms with Crippen molar-refractivity contribution in [2.24, 2.45) is 5.92 Å². The highest BCUT2D eigenvalue weighted by molar-refractivity contribution is 8.00. The molecule has 1 amide bonds. The van der Waals surface area contributed by atoms with E-state index in [0.29, 0.717) is 6.04 Å². The number of carbonyl (C=O) groups is 1. The Morgan fingerprint density at radius 3 is 2.69 bits per heavy atom. The third kappa shape index (κ3) is 3.39. The summed E-state index contributed by atoms with van der Waals surface area (Å²) in [5.74, 6) is 2.14. The van der Waals surface area contributed by atoms with E-state index in [1.807, 2.05) is 6.92 Å². The average Bonchev–Trinajstić information content (AvgIpc) is 2.67. The molecular weight excluding hydrogens is 220 g/mol. The minimum Gasteiger partial charge on any atom is -0.352 e. The summed E-state index contributed by atoms with van der Waals surface area (Å²) in [4.78, 5) is 11.9. The lowest BCUT2D eigenvalue weighted by Gasteiger charge is -2.27. The van der Waals surface area contributed by atoms with Crippen LogP contribution in [0.1, 0.15) is 32.6 Å². The van der Waals surface area contributed by atoms with Crippen LogP contribution in [0.5, 0.6) is 0 Å². The zero-order valence-corrected chi connectivity index (χ0v) is 10.8. The Morgan fingerprint density at radius 2 is 2.12 bits per heavy atom. The topological polar surface area (TPSA) is 41.1 Å². The molecule has 16 heavy (non-hydrogen) atoms. The van der Waals surface area contributed by atoms with E-state index >= 15 is 0 Å². The van der Waals surface area contributed by atoms with Crippen LogP contribution in [0.2, 0.25) is 0 Å². The Kier molecular flexibility index (Phi) is 4.53. The molecule has 92 valence electrons. The fourth-order valence-electron chi connectivity index (χ4n) is 2.21. The number of carbonyl (C=O) groups excluding carboxylic acids is 1. The van der Waals surface area contributed by atoms with Crippen LogP contribution in [0.25, 0.3) is 0 Å². The zero-order chi connectivity index (χ0) is 11.4. The van der Waals surface area contributed by atoms with Gasteiger partial charge in [0.05, 0.1) is 5.25 Å². The molecule has 2 N–H and O–H groups in total. The molecule has 1 atom stereocenters. The minimum atomic E-state index is 0.112. The fourth-order valence-corrected chi connectivity index (χ4v) is 3.23. The first kappa shape index (κ1) is 12.2.